The third-order valence-electron chi connectivity index (χ3n) is 3.11. The molecule has 1 amide bonds. The van der Waals surface area contributed by atoms with Crippen LogP contribution in [0.15, 0.2) is 0 Å². The topological polar surface area (TPSA) is 41.6 Å². The van der Waals surface area contributed by atoms with E-state index in [0.29, 0.717) is 18.6 Å². The minimum atomic E-state index is 0.148. The Morgan fingerprint density at radius 3 is 3.07 bits per heavy atom. The average molecular weight is 212 g/mol. The summed E-state index contributed by atoms with van der Waals surface area (Å²) in [6, 6.07) is 0.423. The Labute approximate surface area is 91.0 Å². The first-order chi connectivity index (χ1) is 7.22. The van der Waals surface area contributed by atoms with Crippen molar-refractivity contribution >= 4 is 5.91 Å². The van der Waals surface area contributed by atoms with Crippen molar-refractivity contribution in [3.63, 3.8) is 0 Å². The molecule has 15 heavy (non-hydrogen) atoms. The molecule has 3 atom stereocenters. The zero-order chi connectivity index (χ0) is 10.8. The molecular formula is C11H20N2O2. The molecule has 4 nitrogen and oxygen atoms in total. The van der Waals surface area contributed by atoms with Crippen LogP contribution in [0.5, 0.6) is 0 Å². The highest BCUT2D eigenvalue weighted by molar-refractivity contribution is 5.82. The first-order valence-corrected chi connectivity index (χ1v) is 5.86. The Morgan fingerprint density at radius 1 is 1.60 bits per heavy atom. The van der Waals surface area contributed by atoms with Gasteiger partial charge in [0, 0.05) is 32.3 Å². The SMILES string of the molecule is CCOC1CC1C(=O)N1CCNC(C)C1. The van der Waals surface area contributed by atoms with Crippen molar-refractivity contribution in [2.75, 3.05) is 26.2 Å². The lowest BCUT2D eigenvalue weighted by Gasteiger charge is -2.32. The third-order valence-corrected chi connectivity index (χ3v) is 3.11. The van der Waals surface area contributed by atoms with Crippen LogP contribution in [0.1, 0.15) is 20.3 Å². The van der Waals surface area contributed by atoms with Gasteiger partial charge in [0.1, 0.15) is 0 Å². The molecule has 1 aliphatic carbocycles. The molecule has 1 saturated carbocycles. The molecular weight excluding hydrogens is 192 g/mol. The van der Waals surface area contributed by atoms with Gasteiger partial charge >= 0.3 is 0 Å². The van der Waals surface area contributed by atoms with Crippen LogP contribution in [0.3, 0.4) is 0 Å². The molecule has 0 spiro atoms. The zero-order valence-corrected chi connectivity index (χ0v) is 9.53. The number of piperazine rings is 1. The Kier molecular flexibility index (Phi) is 3.26. The summed E-state index contributed by atoms with van der Waals surface area (Å²) >= 11 is 0. The Bertz CT molecular complexity index is 245. The maximum atomic E-state index is 12.0. The maximum Gasteiger partial charge on any atom is 0.228 e. The van der Waals surface area contributed by atoms with E-state index in [1.54, 1.807) is 0 Å². The third kappa shape index (κ3) is 2.49. The number of carbonyl (C=O) groups is 1. The van der Waals surface area contributed by atoms with E-state index >= 15 is 0 Å². The van der Waals surface area contributed by atoms with Gasteiger partial charge in [-0.2, -0.15) is 0 Å². The van der Waals surface area contributed by atoms with Crippen LogP contribution in [-0.2, 0) is 9.53 Å². The molecule has 2 fully saturated rings. The van der Waals surface area contributed by atoms with Gasteiger partial charge in [-0.25, -0.2) is 0 Å². The summed E-state index contributed by atoms with van der Waals surface area (Å²) in [5, 5.41) is 3.34. The molecule has 1 saturated heterocycles. The average Bonchev–Trinajstić information content (AvgIpc) is 2.97. The lowest BCUT2D eigenvalue weighted by molar-refractivity contribution is -0.134. The summed E-state index contributed by atoms with van der Waals surface area (Å²) in [5.74, 6) is 0.442. The molecule has 86 valence electrons. The summed E-state index contributed by atoms with van der Waals surface area (Å²) < 4.78 is 5.44. The largest absolute Gasteiger partial charge is 0.378 e. The summed E-state index contributed by atoms with van der Waals surface area (Å²) in [4.78, 5) is 14.0. The molecule has 0 bridgehead atoms. The fourth-order valence-corrected chi connectivity index (χ4v) is 2.20. The molecule has 0 aromatic carbocycles. The van der Waals surface area contributed by atoms with Crippen LogP contribution in [0.4, 0.5) is 0 Å². The fourth-order valence-electron chi connectivity index (χ4n) is 2.20. The van der Waals surface area contributed by atoms with Gasteiger partial charge in [-0.15, -0.1) is 0 Å². The Hall–Kier alpha value is -0.610. The molecule has 0 aromatic rings. The fraction of sp³-hybridized carbons (Fsp3) is 0.909. The number of nitrogens with one attached hydrogen (secondary N) is 1. The Morgan fingerprint density at radius 2 is 2.40 bits per heavy atom. The monoisotopic (exact) mass is 212 g/mol. The van der Waals surface area contributed by atoms with E-state index in [2.05, 4.69) is 12.2 Å². The standard InChI is InChI=1S/C11H20N2O2/c1-3-15-10-6-9(10)11(14)13-5-4-12-8(2)7-13/h8-10,12H,3-7H2,1-2H3. The van der Waals surface area contributed by atoms with Crippen LogP contribution in [0, 0.1) is 5.92 Å². The summed E-state index contributed by atoms with van der Waals surface area (Å²) in [6.07, 6.45) is 1.12. The molecule has 1 heterocycles. The summed E-state index contributed by atoms with van der Waals surface area (Å²) in [5.41, 5.74) is 0. The molecule has 2 aliphatic rings. The van der Waals surface area contributed by atoms with Crippen LogP contribution >= 0.6 is 0 Å². The number of amides is 1. The predicted octanol–water partition coefficient (Wildman–Crippen LogP) is 0.232. The van der Waals surface area contributed by atoms with E-state index in [0.717, 1.165) is 26.1 Å². The van der Waals surface area contributed by atoms with Gasteiger partial charge < -0.3 is 15.0 Å². The first-order valence-electron chi connectivity index (χ1n) is 5.86. The second-order valence-corrected chi connectivity index (χ2v) is 4.48. The highest BCUT2D eigenvalue weighted by Crippen LogP contribution is 2.35. The van der Waals surface area contributed by atoms with Crippen molar-refractivity contribution < 1.29 is 9.53 Å². The van der Waals surface area contributed by atoms with Gasteiger partial charge in [-0.3, -0.25) is 4.79 Å². The lowest BCUT2D eigenvalue weighted by Crippen LogP contribution is -2.52. The normalized spacial score (nSPS) is 35.3. The number of rotatable bonds is 3. The molecule has 0 radical (unpaired) electrons. The van der Waals surface area contributed by atoms with Crippen molar-refractivity contribution in [1.29, 1.82) is 0 Å². The van der Waals surface area contributed by atoms with Crippen molar-refractivity contribution in [1.82, 2.24) is 10.2 Å². The van der Waals surface area contributed by atoms with Gasteiger partial charge in [0.2, 0.25) is 5.91 Å². The van der Waals surface area contributed by atoms with E-state index < -0.39 is 0 Å². The van der Waals surface area contributed by atoms with Crippen molar-refractivity contribution in [2.45, 2.75) is 32.4 Å². The van der Waals surface area contributed by atoms with Crippen LogP contribution in [0.2, 0.25) is 0 Å². The minimum absolute atomic E-state index is 0.148. The van der Waals surface area contributed by atoms with E-state index in [9.17, 15) is 4.79 Å². The van der Waals surface area contributed by atoms with E-state index in [1.807, 2.05) is 11.8 Å². The smallest absolute Gasteiger partial charge is 0.228 e. The zero-order valence-electron chi connectivity index (χ0n) is 9.53. The van der Waals surface area contributed by atoms with Gasteiger partial charge in [0.15, 0.2) is 0 Å². The molecule has 2 rings (SSSR count). The predicted molar refractivity (Wildman–Crippen MR) is 57.6 cm³/mol. The minimum Gasteiger partial charge on any atom is -0.378 e. The van der Waals surface area contributed by atoms with Crippen LogP contribution < -0.4 is 5.32 Å². The summed E-state index contributed by atoms with van der Waals surface area (Å²) in [6.45, 7) is 7.41. The van der Waals surface area contributed by atoms with E-state index in [1.165, 1.54) is 0 Å². The maximum absolute atomic E-state index is 12.0. The van der Waals surface area contributed by atoms with Crippen LogP contribution in [-0.4, -0.2) is 49.2 Å². The highest BCUT2D eigenvalue weighted by Gasteiger charge is 2.46. The molecule has 0 aromatic heterocycles. The second kappa shape index (κ2) is 4.49. The number of nitrogens with zero attached hydrogens (tertiary/aromatic N) is 1. The number of ether oxygens (including phenoxy) is 1. The van der Waals surface area contributed by atoms with Gasteiger partial charge in [0.05, 0.1) is 12.0 Å². The number of carbonyl (C=O) groups excluding carboxylic acids is 1. The van der Waals surface area contributed by atoms with E-state index in [-0.39, 0.29) is 12.0 Å². The van der Waals surface area contributed by atoms with Crippen molar-refractivity contribution in [3.8, 4) is 0 Å². The highest BCUT2D eigenvalue weighted by atomic mass is 16.5. The summed E-state index contributed by atoms with van der Waals surface area (Å²) in [7, 11) is 0. The van der Waals surface area contributed by atoms with Crippen molar-refractivity contribution in [2.24, 2.45) is 5.92 Å². The van der Waals surface area contributed by atoms with Gasteiger partial charge in [0.25, 0.3) is 0 Å². The molecule has 1 aliphatic heterocycles. The quantitative estimate of drug-likeness (QED) is 0.728. The molecule has 3 unspecified atom stereocenters. The van der Waals surface area contributed by atoms with Gasteiger partial charge in [-0.05, 0) is 20.3 Å². The molecule has 1 N–H and O–H groups in total. The first kappa shape index (κ1) is 10.9. The van der Waals surface area contributed by atoms with Gasteiger partial charge in [-0.1, -0.05) is 0 Å². The molecule has 4 heteroatoms. The number of hydrogen-bond donors (Lipinski definition) is 1. The van der Waals surface area contributed by atoms with Crippen LogP contribution in [0.25, 0.3) is 0 Å². The second-order valence-electron chi connectivity index (χ2n) is 4.48. The lowest BCUT2D eigenvalue weighted by atomic mass is 10.2. The number of hydrogen-bond acceptors (Lipinski definition) is 3. The Balaban J connectivity index is 1.81. The van der Waals surface area contributed by atoms with E-state index in [4.69, 9.17) is 4.74 Å². The van der Waals surface area contributed by atoms with Crippen molar-refractivity contribution in [3.05, 3.63) is 0 Å².